The van der Waals surface area contributed by atoms with Crippen LogP contribution in [-0.4, -0.2) is 0 Å². The lowest BCUT2D eigenvalue weighted by atomic mass is 10.0. The highest BCUT2D eigenvalue weighted by Gasteiger charge is 2.09. The minimum atomic E-state index is 0.587. The first-order chi connectivity index (χ1) is 7.29. The van der Waals surface area contributed by atoms with Gasteiger partial charge in [0, 0.05) is 17.7 Å². The van der Waals surface area contributed by atoms with Gasteiger partial charge in [0.15, 0.2) is 6.20 Å². The average molecular weight is 197 g/mol. The zero-order valence-electron chi connectivity index (χ0n) is 8.26. The fourth-order valence-corrected chi connectivity index (χ4v) is 1.45. The summed E-state index contributed by atoms with van der Waals surface area (Å²) in [6.45, 7) is 3.94. The van der Waals surface area contributed by atoms with Crippen molar-refractivity contribution in [1.82, 2.24) is 0 Å². The first-order valence-electron chi connectivity index (χ1n) is 4.72. The minimum Gasteiger partial charge on any atom is -0.618 e. The highest BCUT2D eigenvalue weighted by Crippen LogP contribution is 2.17. The van der Waals surface area contributed by atoms with Crippen molar-refractivity contribution in [2.75, 3.05) is 0 Å². The Balaban J connectivity index is 2.42. The lowest BCUT2D eigenvalue weighted by Crippen LogP contribution is -2.30. The van der Waals surface area contributed by atoms with Crippen molar-refractivity contribution < 1.29 is 4.73 Å². The Morgan fingerprint density at radius 2 is 1.67 bits per heavy atom. The molecule has 1 aromatic heterocycles. The van der Waals surface area contributed by atoms with Crippen molar-refractivity contribution in [2.24, 2.45) is 0 Å². The van der Waals surface area contributed by atoms with Gasteiger partial charge in [-0.15, -0.1) is 0 Å². The fourth-order valence-electron chi connectivity index (χ4n) is 1.45. The zero-order valence-corrected chi connectivity index (χ0v) is 8.26. The number of aromatic nitrogens is 1. The summed E-state index contributed by atoms with van der Waals surface area (Å²) in [5.74, 6) is 0. The molecule has 0 N–H and O–H groups in total. The summed E-state index contributed by atoms with van der Waals surface area (Å²) in [6.07, 6.45) is 1.48. The van der Waals surface area contributed by atoms with Crippen molar-refractivity contribution in [2.45, 2.75) is 0 Å². The van der Waals surface area contributed by atoms with E-state index in [0.717, 1.165) is 15.9 Å². The Kier molecular flexibility index (Phi) is 2.50. The number of hydrogen-bond donors (Lipinski definition) is 0. The van der Waals surface area contributed by atoms with Crippen molar-refractivity contribution in [3.8, 4) is 0 Å². The average Bonchev–Trinajstić information content (AvgIpc) is 2.30. The van der Waals surface area contributed by atoms with E-state index in [1.165, 1.54) is 6.20 Å². The molecule has 0 radical (unpaired) electrons. The first-order valence-corrected chi connectivity index (χ1v) is 4.72. The van der Waals surface area contributed by atoms with Gasteiger partial charge in [0.05, 0.1) is 0 Å². The molecule has 0 unspecified atom stereocenters. The van der Waals surface area contributed by atoms with Crippen LogP contribution >= 0.6 is 0 Å². The molecule has 74 valence electrons. The molecule has 0 atom stereocenters. The maximum absolute atomic E-state index is 11.5. The van der Waals surface area contributed by atoms with Crippen molar-refractivity contribution >= 4 is 5.57 Å². The van der Waals surface area contributed by atoms with Gasteiger partial charge >= 0.3 is 0 Å². The molecule has 2 aromatic rings. The molecule has 2 nitrogen and oxygen atoms in total. The van der Waals surface area contributed by atoms with E-state index in [1.807, 2.05) is 36.4 Å². The van der Waals surface area contributed by atoms with Crippen LogP contribution in [0.3, 0.4) is 0 Å². The molecule has 2 rings (SSSR count). The van der Waals surface area contributed by atoms with Crippen molar-refractivity contribution in [3.63, 3.8) is 0 Å². The second-order valence-corrected chi connectivity index (χ2v) is 3.26. The third-order valence-corrected chi connectivity index (χ3v) is 2.26. The van der Waals surface area contributed by atoms with Crippen LogP contribution in [0.15, 0.2) is 61.3 Å². The SMILES string of the molecule is C=C(c1ccccc1)c1cccc[n+]1[O-]. The molecular formula is C13H11NO. The number of pyridine rings is 1. The summed E-state index contributed by atoms with van der Waals surface area (Å²) in [5.41, 5.74) is 2.29. The van der Waals surface area contributed by atoms with Crippen LogP contribution in [-0.2, 0) is 0 Å². The Morgan fingerprint density at radius 1 is 1.00 bits per heavy atom. The summed E-state index contributed by atoms with van der Waals surface area (Å²) < 4.78 is 0.829. The molecule has 0 saturated carbocycles. The number of rotatable bonds is 2. The van der Waals surface area contributed by atoms with Gasteiger partial charge in [-0.2, -0.15) is 4.73 Å². The molecule has 15 heavy (non-hydrogen) atoms. The first kappa shape index (κ1) is 9.46. The standard InChI is InChI=1S/C13H11NO/c1-11(12-7-3-2-4-8-12)13-9-5-6-10-14(13)15/h2-10H,1H2. The van der Waals surface area contributed by atoms with Gasteiger partial charge in [0.25, 0.3) is 0 Å². The van der Waals surface area contributed by atoms with Gasteiger partial charge in [-0.25, -0.2) is 0 Å². The van der Waals surface area contributed by atoms with Crippen LogP contribution in [0, 0.1) is 5.21 Å². The summed E-state index contributed by atoms with van der Waals surface area (Å²) >= 11 is 0. The van der Waals surface area contributed by atoms with Crippen LogP contribution in [0.25, 0.3) is 5.57 Å². The predicted molar refractivity (Wildman–Crippen MR) is 60.0 cm³/mol. The van der Waals surface area contributed by atoms with E-state index in [2.05, 4.69) is 6.58 Å². The Hall–Kier alpha value is -2.09. The number of hydrogen-bond acceptors (Lipinski definition) is 1. The fraction of sp³-hybridized carbons (Fsp3) is 0. The predicted octanol–water partition coefficient (Wildman–Crippen LogP) is 2.38. The molecule has 1 heterocycles. The molecule has 0 spiro atoms. The smallest absolute Gasteiger partial charge is 0.223 e. The molecule has 2 heteroatoms. The number of benzene rings is 1. The van der Waals surface area contributed by atoms with Crippen molar-refractivity contribution in [3.05, 3.63) is 77.8 Å². The Bertz CT molecular complexity index is 477. The largest absolute Gasteiger partial charge is 0.618 e. The summed E-state index contributed by atoms with van der Waals surface area (Å²) in [5, 5.41) is 11.5. The molecule has 0 saturated heterocycles. The highest BCUT2D eigenvalue weighted by molar-refractivity contribution is 5.74. The lowest BCUT2D eigenvalue weighted by molar-refractivity contribution is -0.607. The maximum atomic E-state index is 11.5. The Labute approximate surface area is 88.7 Å². The topological polar surface area (TPSA) is 26.9 Å². The van der Waals surface area contributed by atoms with E-state index in [0.29, 0.717) is 5.69 Å². The molecule has 0 aliphatic carbocycles. The third kappa shape index (κ3) is 1.89. The molecular weight excluding hydrogens is 186 g/mol. The van der Waals surface area contributed by atoms with Crippen molar-refractivity contribution in [1.29, 1.82) is 0 Å². The van der Waals surface area contributed by atoms with Crippen LogP contribution < -0.4 is 4.73 Å². The van der Waals surface area contributed by atoms with Gasteiger partial charge in [-0.1, -0.05) is 36.9 Å². The van der Waals surface area contributed by atoms with Gasteiger partial charge in [0.2, 0.25) is 5.69 Å². The van der Waals surface area contributed by atoms with E-state index in [9.17, 15) is 5.21 Å². The minimum absolute atomic E-state index is 0.587. The summed E-state index contributed by atoms with van der Waals surface area (Å²) in [4.78, 5) is 0. The molecule has 1 aromatic carbocycles. The zero-order chi connectivity index (χ0) is 10.7. The van der Waals surface area contributed by atoms with Crippen LogP contribution in [0.2, 0.25) is 0 Å². The van der Waals surface area contributed by atoms with Gasteiger partial charge in [0.1, 0.15) is 0 Å². The second kappa shape index (κ2) is 3.96. The highest BCUT2D eigenvalue weighted by atomic mass is 16.5. The third-order valence-electron chi connectivity index (χ3n) is 2.26. The van der Waals surface area contributed by atoms with Gasteiger partial charge in [-0.3, -0.25) is 0 Å². The monoisotopic (exact) mass is 197 g/mol. The van der Waals surface area contributed by atoms with E-state index in [-0.39, 0.29) is 0 Å². The summed E-state index contributed by atoms with van der Waals surface area (Å²) in [6, 6.07) is 15.0. The normalized spacial score (nSPS) is 9.87. The molecule has 0 fully saturated rings. The number of nitrogens with zero attached hydrogens (tertiary/aromatic N) is 1. The summed E-state index contributed by atoms with van der Waals surface area (Å²) in [7, 11) is 0. The maximum Gasteiger partial charge on any atom is 0.223 e. The van der Waals surface area contributed by atoms with Crippen LogP contribution in [0.5, 0.6) is 0 Å². The van der Waals surface area contributed by atoms with E-state index >= 15 is 0 Å². The molecule has 0 bridgehead atoms. The molecule has 0 aliphatic heterocycles. The van der Waals surface area contributed by atoms with Gasteiger partial charge in [-0.05, 0) is 11.6 Å². The van der Waals surface area contributed by atoms with Crippen LogP contribution in [0.1, 0.15) is 11.3 Å². The molecule has 0 aliphatic rings. The van der Waals surface area contributed by atoms with Crippen LogP contribution in [0.4, 0.5) is 0 Å². The van der Waals surface area contributed by atoms with Gasteiger partial charge < -0.3 is 5.21 Å². The van der Waals surface area contributed by atoms with E-state index < -0.39 is 0 Å². The molecule has 0 amide bonds. The Morgan fingerprint density at radius 3 is 2.33 bits per heavy atom. The second-order valence-electron chi connectivity index (χ2n) is 3.26. The lowest BCUT2D eigenvalue weighted by Gasteiger charge is -2.06. The quantitative estimate of drug-likeness (QED) is 0.536. The van der Waals surface area contributed by atoms with E-state index in [4.69, 9.17) is 0 Å². The van der Waals surface area contributed by atoms with E-state index in [1.54, 1.807) is 12.1 Å².